The highest BCUT2D eigenvalue weighted by molar-refractivity contribution is 5.82. The maximum atomic E-state index is 13.4. The van der Waals surface area contributed by atoms with Gasteiger partial charge >= 0.3 is 0 Å². The molecular formula is C15H22FN3O2. The van der Waals surface area contributed by atoms with Crippen LogP contribution in [0.3, 0.4) is 0 Å². The van der Waals surface area contributed by atoms with Gasteiger partial charge in [0.15, 0.2) is 0 Å². The molecule has 1 aromatic rings. The van der Waals surface area contributed by atoms with Gasteiger partial charge in [-0.25, -0.2) is 4.39 Å². The van der Waals surface area contributed by atoms with Gasteiger partial charge in [-0.1, -0.05) is 6.92 Å². The smallest absolute Gasteiger partial charge is 0.239 e. The Morgan fingerprint density at radius 3 is 3.05 bits per heavy atom. The zero-order valence-corrected chi connectivity index (χ0v) is 12.3. The van der Waals surface area contributed by atoms with Gasteiger partial charge in [0.2, 0.25) is 5.91 Å². The van der Waals surface area contributed by atoms with Crippen LogP contribution in [0, 0.1) is 5.82 Å². The molecule has 3 N–H and O–H groups in total. The quantitative estimate of drug-likeness (QED) is 0.799. The molecule has 1 unspecified atom stereocenters. The second kappa shape index (κ2) is 7.38. The lowest BCUT2D eigenvalue weighted by Crippen LogP contribution is -2.53. The van der Waals surface area contributed by atoms with Gasteiger partial charge in [0.25, 0.3) is 0 Å². The van der Waals surface area contributed by atoms with Gasteiger partial charge in [0, 0.05) is 25.3 Å². The lowest BCUT2D eigenvalue weighted by molar-refractivity contribution is -0.132. The van der Waals surface area contributed by atoms with Crippen molar-refractivity contribution in [1.82, 2.24) is 10.2 Å². The standard InChI is InChI=1S/C15H22FN3O2/c1-2-3-18-15(20)14-10-21-5-4-19(14)9-11-6-12(16)8-13(17)7-11/h6-8,14H,2-5,9-10,17H2,1H3,(H,18,20). The van der Waals surface area contributed by atoms with Crippen LogP contribution in [0.1, 0.15) is 18.9 Å². The Hall–Kier alpha value is -1.66. The Morgan fingerprint density at radius 2 is 2.33 bits per heavy atom. The van der Waals surface area contributed by atoms with E-state index < -0.39 is 0 Å². The van der Waals surface area contributed by atoms with Gasteiger partial charge < -0.3 is 15.8 Å². The lowest BCUT2D eigenvalue weighted by atomic mass is 10.1. The van der Waals surface area contributed by atoms with Gasteiger partial charge in [-0.05, 0) is 30.2 Å². The highest BCUT2D eigenvalue weighted by atomic mass is 19.1. The number of morpholine rings is 1. The predicted octanol–water partition coefficient (Wildman–Crippen LogP) is 1.13. The average molecular weight is 295 g/mol. The van der Waals surface area contributed by atoms with E-state index in [1.165, 1.54) is 12.1 Å². The van der Waals surface area contributed by atoms with E-state index in [0.29, 0.717) is 38.5 Å². The van der Waals surface area contributed by atoms with Crippen molar-refractivity contribution < 1.29 is 13.9 Å². The van der Waals surface area contributed by atoms with Crippen LogP contribution in [0.25, 0.3) is 0 Å². The van der Waals surface area contributed by atoms with Crippen LogP contribution < -0.4 is 11.1 Å². The van der Waals surface area contributed by atoms with Gasteiger partial charge in [-0.2, -0.15) is 0 Å². The maximum absolute atomic E-state index is 13.4. The average Bonchev–Trinajstić information content (AvgIpc) is 2.44. The molecule has 1 atom stereocenters. The summed E-state index contributed by atoms with van der Waals surface area (Å²) in [5, 5.41) is 2.88. The van der Waals surface area contributed by atoms with Crippen molar-refractivity contribution in [1.29, 1.82) is 0 Å². The summed E-state index contributed by atoms with van der Waals surface area (Å²) in [6.07, 6.45) is 0.889. The molecule has 5 nitrogen and oxygen atoms in total. The molecule has 0 spiro atoms. The zero-order valence-electron chi connectivity index (χ0n) is 12.3. The van der Waals surface area contributed by atoms with Crippen LogP contribution in [-0.2, 0) is 16.1 Å². The minimum Gasteiger partial charge on any atom is -0.399 e. The van der Waals surface area contributed by atoms with E-state index in [2.05, 4.69) is 5.32 Å². The molecule has 21 heavy (non-hydrogen) atoms. The largest absolute Gasteiger partial charge is 0.399 e. The molecular weight excluding hydrogens is 273 g/mol. The lowest BCUT2D eigenvalue weighted by Gasteiger charge is -2.34. The molecule has 6 heteroatoms. The van der Waals surface area contributed by atoms with E-state index in [9.17, 15) is 9.18 Å². The van der Waals surface area contributed by atoms with E-state index in [0.717, 1.165) is 12.0 Å². The number of ether oxygens (including phenoxy) is 1. The number of halogens is 1. The van der Waals surface area contributed by atoms with E-state index in [1.807, 2.05) is 11.8 Å². The number of nitrogen functional groups attached to an aromatic ring is 1. The first kappa shape index (κ1) is 15.7. The summed E-state index contributed by atoms with van der Waals surface area (Å²) in [7, 11) is 0. The molecule has 0 bridgehead atoms. The van der Waals surface area contributed by atoms with Crippen LogP contribution in [0.2, 0.25) is 0 Å². The number of amides is 1. The van der Waals surface area contributed by atoms with E-state index in [4.69, 9.17) is 10.5 Å². The fourth-order valence-corrected chi connectivity index (χ4v) is 2.44. The number of rotatable bonds is 5. The number of benzene rings is 1. The molecule has 0 aliphatic carbocycles. The van der Waals surface area contributed by atoms with Gasteiger partial charge in [0.1, 0.15) is 11.9 Å². The number of nitrogens with zero attached hydrogens (tertiary/aromatic N) is 1. The fourth-order valence-electron chi connectivity index (χ4n) is 2.44. The summed E-state index contributed by atoms with van der Waals surface area (Å²) in [6.45, 7) is 4.71. The number of anilines is 1. The minimum atomic E-state index is -0.356. The highest BCUT2D eigenvalue weighted by Gasteiger charge is 2.29. The van der Waals surface area contributed by atoms with Crippen molar-refractivity contribution in [2.75, 3.05) is 32.0 Å². The monoisotopic (exact) mass is 295 g/mol. The number of nitrogens with two attached hydrogens (primary N) is 1. The second-order valence-corrected chi connectivity index (χ2v) is 5.25. The van der Waals surface area contributed by atoms with E-state index in [-0.39, 0.29) is 17.8 Å². The Balaban J connectivity index is 2.06. The third-order valence-electron chi connectivity index (χ3n) is 3.46. The molecule has 1 fully saturated rings. The molecule has 1 aliphatic heterocycles. The predicted molar refractivity (Wildman–Crippen MR) is 79.1 cm³/mol. The molecule has 1 heterocycles. The zero-order chi connectivity index (χ0) is 15.2. The Bertz CT molecular complexity index is 476. The minimum absolute atomic E-state index is 0.0408. The maximum Gasteiger partial charge on any atom is 0.239 e. The van der Waals surface area contributed by atoms with Crippen molar-refractivity contribution in [3.8, 4) is 0 Å². The molecule has 1 aromatic carbocycles. The third-order valence-corrected chi connectivity index (χ3v) is 3.46. The van der Waals surface area contributed by atoms with Gasteiger partial charge in [0.05, 0.1) is 13.2 Å². The van der Waals surface area contributed by atoms with Crippen LogP contribution in [-0.4, -0.2) is 43.2 Å². The van der Waals surface area contributed by atoms with Crippen LogP contribution in [0.4, 0.5) is 10.1 Å². The van der Waals surface area contributed by atoms with Crippen molar-refractivity contribution in [2.24, 2.45) is 0 Å². The van der Waals surface area contributed by atoms with Crippen molar-refractivity contribution in [3.63, 3.8) is 0 Å². The molecule has 0 saturated carbocycles. The Kier molecular flexibility index (Phi) is 5.52. The molecule has 2 rings (SSSR count). The molecule has 1 aliphatic rings. The summed E-state index contributed by atoms with van der Waals surface area (Å²) in [5.41, 5.74) is 6.82. The number of carbonyl (C=O) groups is 1. The topological polar surface area (TPSA) is 67.6 Å². The van der Waals surface area contributed by atoms with Crippen LogP contribution in [0.15, 0.2) is 18.2 Å². The third kappa shape index (κ3) is 4.41. The second-order valence-electron chi connectivity index (χ2n) is 5.25. The van der Waals surface area contributed by atoms with Crippen molar-refractivity contribution >= 4 is 11.6 Å². The summed E-state index contributed by atoms with van der Waals surface area (Å²) in [6, 6.07) is 4.13. The SMILES string of the molecule is CCCNC(=O)C1COCCN1Cc1cc(N)cc(F)c1. The highest BCUT2D eigenvalue weighted by Crippen LogP contribution is 2.16. The summed E-state index contributed by atoms with van der Waals surface area (Å²) in [4.78, 5) is 14.2. The van der Waals surface area contributed by atoms with Crippen LogP contribution in [0.5, 0.6) is 0 Å². The fraction of sp³-hybridized carbons (Fsp3) is 0.533. The van der Waals surface area contributed by atoms with E-state index >= 15 is 0 Å². The first-order valence-corrected chi connectivity index (χ1v) is 7.24. The molecule has 1 amide bonds. The van der Waals surface area contributed by atoms with E-state index in [1.54, 1.807) is 6.07 Å². The normalized spacial score (nSPS) is 19.4. The molecule has 0 radical (unpaired) electrons. The van der Waals surface area contributed by atoms with Crippen molar-refractivity contribution in [3.05, 3.63) is 29.6 Å². The number of nitrogens with one attached hydrogen (secondary N) is 1. The van der Waals surface area contributed by atoms with Gasteiger partial charge in [-0.3, -0.25) is 9.69 Å². The van der Waals surface area contributed by atoms with Gasteiger partial charge in [-0.15, -0.1) is 0 Å². The number of carbonyl (C=O) groups excluding carboxylic acids is 1. The summed E-state index contributed by atoms with van der Waals surface area (Å²) in [5.74, 6) is -0.397. The summed E-state index contributed by atoms with van der Waals surface area (Å²) >= 11 is 0. The van der Waals surface area contributed by atoms with Crippen molar-refractivity contribution in [2.45, 2.75) is 25.9 Å². The number of hydrogen-bond acceptors (Lipinski definition) is 4. The molecule has 116 valence electrons. The first-order valence-electron chi connectivity index (χ1n) is 7.24. The Morgan fingerprint density at radius 1 is 1.52 bits per heavy atom. The van der Waals surface area contributed by atoms with Crippen LogP contribution >= 0.6 is 0 Å². The first-order chi connectivity index (χ1) is 10.1. The molecule has 1 saturated heterocycles. The Labute approximate surface area is 124 Å². The molecule has 0 aromatic heterocycles. The summed E-state index contributed by atoms with van der Waals surface area (Å²) < 4.78 is 18.8. The number of hydrogen-bond donors (Lipinski definition) is 2.